The van der Waals surface area contributed by atoms with E-state index in [9.17, 15) is 14.4 Å². The molecule has 1 aromatic heterocycles. The van der Waals surface area contributed by atoms with Crippen molar-refractivity contribution < 1.29 is 14.4 Å². The van der Waals surface area contributed by atoms with Gasteiger partial charge in [-0.25, -0.2) is 0 Å². The molecule has 6 unspecified atom stereocenters. The van der Waals surface area contributed by atoms with Crippen molar-refractivity contribution in [2.45, 2.75) is 16.1 Å². The van der Waals surface area contributed by atoms with Crippen LogP contribution in [0.15, 0.2) is 24.5 Å². The number of carbonyl (C=O) groups is 3. The first-order valence-electron chi connectivity index (χ1n) is 7.37. The van der Waals surface area contributed by atoms with Crippen LogP contribution in [-0.4, -0.2) is 37.4 Å². The number of hydrazine groups is 1. The van der Waals surface area contributed by atoms with Crippen LogP contribution in [0.2, 0.25) is 0 Å². The Hall–Kier alpha value is -1.28. The molecule has 120 valence electrons. The number of nitrogens with one attached hydrogen (secondary N) is 1. The molecule has 0 radical (unpaired) electrons. The molecule has 1 saturated heterocycles. The second-order valence-corrected chi connectivity index (χ2v) is 8.31. The molecule has 3 aliphatic rings. The van der Waals surface area contributed by atoms with Crippen LogP contribution < -0.4 is 5.43 Å². The lowest BCUT2D eigenvalue weighted by molar-refractivity contribution is -0.143. The van der Waals surface area contributed by atoms with Crippen LogP contribution in [0.5, 0.6) is 0 Å². The Bertz CT molecular complexity index is 666. The van der Waals surface area contributed by atoms with Gasteiger partial charge in [0.15, 0.2) is 0 Å². The largest absolute Gasteiger partial charge is 0.272 e. The van der Waals surface area contributed by atoms with Crippen molar-refractivity contribution in [3.8, 4) is 0 Å². The molecular formula is C15H13Br2N3O3. The number of aromatic nitrogens is 1. The van der Waals surface area contributed by atoms with Gasteiger partial charge in [0.05, 0.1) is 11.8 Å². The zero-order valence-electron chi connectivity index (χ0n) is 11.9. The number of nitrogens with zero attached hydrogens (tertiary/aromatic N) is 2. The number of amides is 3. The molecule has 0 aromatic carbocycles. The smallest absolute Gasteiger partial charge is 0.270 e. The van der Waals surface area contributed by atoms with Crippen molar-refractivity contribution in [2.24, 2.45) is 23.7 Å². The van der Waals surface area contributed by atoms with Gasteiger partial charge in [0, 0.05) is 27.6 Å². The van der Waals surface area contributed by atoms with E-state index in [1.807, 2.05) is 0 Å². The number of hydrogen-bond donors (Lipinski definition) is 1. The normalized spacial score (nSPS) is 38.1. The van der Waals surface area contributed by atoms with Crippen LogP contribution in [0.3, 0.4) is 0 Å². The molecule has 1 N–H and O–H groups in total. The molecule has 23 heavy (non-hydrogen) atoms. The second kappa shape index (κ2) is 5.37. The quantitative estimate of drug-likeness (QED) is 0.556. The Kier molecular flexibility index (Phi) is 3.57. The van der Waals surface area contributed by atoms with Crippen LogP contribution in [-0.2, 0) is 9.59 Å². The predicted octanol–water partition coefficient (Wildman–Crippen LogP) is 1.50. The lowest BCUT2D eigenvalue weighted by Crippen LogP contribution is -2.47. The Labute approximate surface area is 149 Å². The summed E-state index contributed by atoms with van der Waals surface area (Å²) in [6, 6.07) is 3.07. The zero-order valence-corrected chi connectivity index (χ0v) is 15.0. The third kappa shape index (κ3) is 2.11. The number of fused-ring (bicyclic) bond motifs is 5. The molecule has 3 fully saturated rings. The average molecular weight is 443 g/mol. The van der Waals surface area contributed by atoms with E-state index in [0.717, 1.165) is 11.4 Å². The fourth-order valence-corrected chi connectivity index (χ4v) is 6.00. The molecule has 3 amide bonds. The molecule has 1 aliphatic heterocycles. The highest BCUT2D eigenvalue weighted by molar-refractivity contribution is 9.12. The molecule has 0 spiro atoms. The molecule has 2 bridgehead atoms. The van der Waals surface area contributed by atoms with Gasteiger partial charge in [0.2, 0.25) is 0 Å². The summed E-state index contributed by atoms with van der Waals surface area (Å²) in [6.45, 7) is 0. The fraction of sp³-hybridized carbons (Fsp3) is 0.467. The summed E-state index contributed by atoms with van der Waals surface area (Å²) in [5.41, 5.74) is 2.82. The number of alkyl halides is 2. The van der Waals surface area contributed by atoms with Crippen LogP contribution in [0, 0.1) is 23.7 Å². The van der Waals surface area contributed by atoms with Gasteiger partial charge in [-0.15, -0.1) is 0 Å². The molecular weight excluding hydrogens is 430 g/mol. The standard InChI is InChI=1S/C15H13Br2N3O3/c16-11-7-5-8(12(11)17)10-9(7)14(22)20(15(10)23)19-13(21)6-1-3-18-4-2-6/h1-4,7-12H,5H2,(H,19,21). The van der Waals surface area contributed by atoms with Gasteiger partial charge >= 0.3 is 0 Å². The first-order chi connectivity index (χ1) is 11.0. The van der Waals surface area contributed by atoms with Gasteiger partial charge in [-0.1, -0.05) is 31.9 Å². The summed E-state index contributed by atoms with van der Waals surface area (Å²) in [6.07, 6.45) is 3.84. The maximum Gasteiger partial charge on any atom is 0.270 e. The molecule has 2 saturated carbocycles. The van der Waals surface area contributed by atoms with Gasteiger partial charge in [0.1, 0.15) is 0 Å². The highest BCUT2D eigenvalue weighted by atomic mass is 79.9. The van der Waals surface area contributed by atoms with Gasteiger partial charge in [-0.3, -0.25) is 24.8 Å². The Morgan fingerprint density at radius 3 is 2.13 bits per heavy atom. The Morgan fingerprint density at radius 2 is 1.61 bits per heavy atom. The van der Waals surface area contributed by atoms with Crippen LogP contribution in [0.4, 0.5) is 0 Å². The van der Waals surface area contributed by atoms with E-state index in [2.05, 4.69) is 42.3 Å². The van der Waals surface area contributed by atoms with E-state index in [-0.39, 0.29) is 45.1 Å². The maximum atomic E-state index is 12.6. The van der Waals surface area contributed by atoms with Crippen molar-refractivity contribution in [1.82, 2.24) is 15.4 Å². The lowest BCUT2D eigenvalue weighted by atomic mass is 9.81. The number of rotatable bonds is 2. The van der Waals surface area contributed by atoms with Crippen molar-refractivity contribution in [1.29, 1.82) is 0 Å². The molecule has 8 heteroatoms. The van der Waals surface area contributed by atoms with E-state index in [1.54, 1.807) is 0 Å². The Balaban J connectivity index is 1.57. The summed E-state index contributed by atoms with van der Waals surface area (Å²) in [5, 5.41) is 0.919. The summed E-state index contributed by atoms with van der Waals surface area (Å²) in [4.78, 5) is 41.7. The van der Waals surface area contributed by atoms with Crippen molar-refractivity contribution >= 4 is 49.6 Å². The number of carbonyl (C=O) groups excluding carboxylic acids is 3. The number of imide groups is 1. The summed E-state index contributed by atoms with van der Waals surface area (Å²) < 4.78 is 0. The average Bonchev–Trinajstić information content (AvgIpc) is 3.16. The van der Waals surface area contributed by atoms with E-state index < -0.39 is 5.91 Å². The first kappa shape index (κ1) is 15.3. The van der Waals surface area contributed by atoms with Crippen molar-refractivity contribution in [3.63, 3.8) is 0 Å². The lowest BCUT2D eigenvalue weighted by Gasteiger charge is -2.28. The van der Waals surface area contributed by atoms with Crippen molar-refractivity contribution in [2.75, 3.05) is 0 Å². The topological polar surface area (TPSA) is 79.4 Å². The van der Waals surface area contributed by atoms with Gasteiger partial charge in [-0.2, -0.15) is 5.01 Å². The van der Waals surface area contributed by atoms with E-state index in [0.29, 0.717) is 5.56 Å². The zero-order chi connectivity index (χ0) is 16.3. The summed E-state index contributed by atoms with van der Waals surface area (Å²) in [5.74, 6) is -1.46. The van der Waals surface area contributed by atoms with E-state index in [4.69, 9.17) is 0 Å². The van der Waals surface area contributed by atoms with E-state index in [1.165, 1.54) is 24.5 Å². The van der Waals surface area contributed by atoms with Crippen LogP contribution in [0.1, 0.15) is 16.8 Å². The molecule has 4 rings (SSSR count). The highest BCUT2D eigenvalue weighted by Crippen LogP contribution is 2.59. The Morgan fingerprint density at radius 1 is 1.09 bits per heavy atom. The SMILES string of the molecule is O=C(NN1C(=O)C2C3CC(C(Br)C3Br)C2C1=O)c1ccncc1. The first-order valence-corrected chi connectivity index (χ1v) is 9.21. The van der Waals surface area contributed by atoms with Crippen LogP contribution >= 0.6 is 31.9 Å². The van der Waals surface area contributed by atoms with Gasteiger partial charge < -0.3 is 0 Å². The second-order valence-electron chi connectivity index (χ2n) is 6.19. The minimum Gasteiger partial charge on any atom is -0.272 e. The fourth-order valence-electron chi connectivity index (χ4n) is 4.13. The number of pyridine rings is 1. The van der Waals surface area contributed by atoms with E-state index >= 15 is 0 Å². The third-order valence-corrected chi connectivity index (χ3v) is 8.35. The predicted molar refractivity (Wildman–Crippen MR) is 87.6 cm³/mol. The van der Waals surface area contributed by atoms with Gasteiger partial charge in [0.25, 0.3) is 17.7 Å². The molecule has 6 atom stereocenters. The van der Waals surface area contributed by atoms with Gasteiger partial charge in [-0.05, 0) is 30.4 Å². The molecule has 6 nitrogen and oxygen atoms in total. The maximum absolute atomic E-state index is 12.6. The number of hydrogen-bond acceptors (Lipinski definition) is 4. The highest BCUT2D eigenvalue weighted by Gasteiger charge is 2.66. The van der Waals surface area contributed by atoms with Crippen LogP contribution in [0.25, 0.3) is 0 Å². The number of halogens is 2. The van der Waals surface area contributed by atoms with Crippen molar-refractivity contribution in [3.05, 3.63) is 30.1 Å². The molecule has 2 aliphatic carbocycles. The molecule has 2 heterocycles. The monoisotopic (exact) mass is 441 g/mol. The summed E-state index contributed by atoms with van der Waals surface area (Å²) >= 11 is 7.26. The third-order valence-electron chi connectivity index (χ3n) is 5.14. The minimum absolute atomic E-state index is 0.133. The summed E-state index contributed by atoms with van der Waals surface area (Å²) in [7, 11) is 0. The molecule has 1 aromatic rings. The minimum atomic E-state index is -0.479.